The fourth-order valence-corrected chi connectivity index (χ4v) is 3.20. The summed E-state index contributed by atoms with van der Waals surface area (Å²) in [6.07, 6.45) is 1.03. The van der Waals surface area contributed by atoms with Crippen LogP contribution in [0.15, 0.2) is 53.4 Å². The fourth-order valence-electron chi connectivity index (χ4n) is 2.38. The molecule has 0 spiro atoms. The van der Waals surface area contributed by atoms with Gasteiger partial charge in [-0.05, 0) is 36.1 Å². The minimum Gasteiger partial charge on any atom is -0.455 e. The van der Waals surface area contributed by atoms with Gasteiger partial charge in [-0.25, -0.2) is 0 Å². The minimum absolute atomic E-state index is 0.0705. The molecule has 1 amide bonds. The van der Waals surface area contributed by atoms with E-state index in [4.69, 9.17) is 4.74 Å². The molecule has 148 valence electrons. The van der Waals surface area contributed by atoms with Crippen molar-refractivity contribution in [3.8, 4) is 0 Å². The van der Waals surface area contributed by atoms with Crippen molar-refractivity contribution in [3.63, 3.8) is 0 Å². The standard InChI is InChI=1S/C20H22N2O5S/c1-3-14(2)15-8-10-16(11-9-15)21-19(23)12-27-20(24)13-28-18-7-5-4-6-17(18)22(25)26/h4-11,14H,3,12-13H2,1-2H3,(H,21,23)/t14-/m0/s1. The maximum Gasteiger partial charge on any atom is 0.316 e. The maximum absolute atomic E-state index is 11.9. The maximum atomic E-state index is 11.9. The Labute approximate surface area is 167 Å². The van der Waals surface area contributed by atoms with Gasteiger partial charge in [-0.1, -0.05) is 38.1 Å². The van der Waals surface area contributed by atoms with Gasteiger partial charge in [0, 0.05) is 11.8 Å². The second-order valence-electron chi connectivity index (χ2n) is 6.15. The number of benzene rings is 2. The quantitative estimate of drug-likeness (QED) is 0.289. The van der Waals surface area contributed by atoms with Gasteiger partial charge in [0.1, 0.15) is 0 Å². The number of esters is 1. The first kappa shape index (κ1) is 21.4. The Morgan fingerprint density at radius 1 is 1.18 bits per heavy atom. The average molecular weight is 402 g/mol. The number of para-hydroxylation sites is 1. The van der Waals surface area contributed by atoms with E-state index in [0.717, 1.165) is 18.2 Å². The van der Waals surface area contributed by atoms with Gasteiger partial charge in [0.15, 0.2) is 6.61 Å². The molecule has 1 atom stereocenters. The van der Waals surface area contributed by atoms with Crippen molar-refractivity contribution in [2.45, 2.75) is 31.1 Å². The van der Waals surface area contributed by atoms with E-state index in [1.54, 1.807) is 18.2 Å². The number of nitro benzene ring substituents is 1. The molecular formula is C20H22N2O5S. The lowest BCUT2D eigenvalue weighted by molar-refractivity contribution is -0.387. The van der Waals surface area contributed by atoms with E-state index in [1.165, 1.54) is 11.6 Å². The molecule has 0 aromatic heterocycles. The highest BCUT2D eigenvalue weighted by Crippen LogP contribution is 2.28. The van der Waals surface area contributed by atoms with Crippen LogP contribution in [0, 0.1) is 10.1 Å². The highest BCUT2D eigenvalue weighted by atomic mass is 32.2. The summed E-state index contributed by atoms with van der Waals surface area (Å²) in [4.78, 5) is 34.6. The van der Waals surface area contributed by atoms with Crippen molar-refractivity contribution < 1.29 is 19.2 Å². The zero-order valence-corrected chi connectivity index (χ0v) is 16.5. The first-order chi connectivity index (χ1) is 13.4. The third kappa shape index (κ3) is 6.38. The molecule has 8 heteroatoms. The number of carbonyl (C=O) groups is 2. The molecule has 0 aliphatic heterocycles. The van der Waals surface area contributed by atoms with Crippen LogP contribution in [0.5, 0.6) is 0 Å². The van der Waals surface area contributed by atoms with Crippen molar-refractivity contribution >= 4 is 35.0 Å². The van der Waals surface area contributed by atoms with E-state index >= 15 is 0 Å². The van der Waals surface area contributed by atoms with Crippen molar-refractivity contribution in [1.29, 1.82) is 0 Å². The molecule has 7 nitrogen and oxygen atoms in total. The highest BCUT2D eigenvalue weighted by Gasteiger charge is 2.15. The van der Waals surface area contributed by atoms with Crippen LogP contribution in [0.4, 0.5) is 11.4 Å². The summed E-state index contributed by atoms with van der Waals surface area (Å²) in [5.41, 5.74) is 1.75. The van der Waals surface area contributed by atoms with Crippen LogP contribution in [-0.2, 0) is 14.3 Å². The largest absolute Gasteiger partial charge is 0.455 e. The molecule has 2 rings (SSSR count). The molecule has 0 heterocycles. The molecule has 0 radical (unpaired) electrons. The summed E-state index contributed by atoms with van der Waals surface area (Å²) < 4.78 is 4.94. The summed E-state index contributed by atoms with van der Waals surface area (Å²) in [6, 6.07) is 13.7. The van der Waals surface area contributed by atoms with Crippen LogP contribution in [0.25, 0.3) is 0 Å². The Kier molecular flexibility index (Phi) is 8.01. The van der Waals surface area contributed by atoms with Crippen LogP contribution in [-0.4, -0.2) is 29.2 Å². The van der Waals surface area contributed by atoms with Gasteiger partial charge in [0.05, 0.1) is 15.6 Å². The predicted octanol–water partition coefficient (Wildman–Crippen LogP) is 4.38. The molecular weight excluding hydrogens is 380 g/mol. The normalized spacial score (nSPS) is 11.5. The van der Waals surface area contributed by atoms with Gasteiger partial charge in [-0.3, -0.25) is 19.7 Å². The first-order valence-corrected chi connectivity index (χ1v) is 9.81. The van der Waals surface area contributed by atoms with Crippen molar-refractivity contribution in [3.05, 3.63) is 64.2 Å². The number of amides is 1. The zero-order chi connectivity index (χ0) is 20.5. The number of anilines is 1. The SMILES string of the molecule is CC[C@H](C)c1ccc(NC(=O)COC(=O)CSc2ccccc2[N+](=O)[O-])cc1. The number of ether oxygens (including phenoxy) is 1. The number of nitrogens with zero attached hydrogens (tertiary/aromatic N) is 1. The Bertz CT molecular complexity index is 839. The molecule has 28 heavy (non-hydrogen) atoms. The molecule has 0 aliphatic carbocycles. The number of thioether (sulfide) groups is 1. The topological polar surface area (TPSA) is 98.5 Å². The van der Waals surface area contributed by atoms with E-state index in [-0.39, 0.29) is 11.4 Å². The fraction of sp³-hybridized carbons (Fsp3) is 0.300. The van der Waals surface area contributed by atoms with Crippen molar-refractivity contribution in [2.24, 2.45) is 0 Å². The van der Waals surface area contributed by atoms with Crippen LogP contribution in [0.1, 0.15) is 31.7 Å². The van der Waals surface area contributed by atoms with E-state index in [0.29, 0.717) is 16.5 Å². The lowest BCUT2D eigenvalue weighted by Gasteiger charge is -2.10. The molecule has 0 saturated carbocycles. The van der Waals surface area contributed by atoms with Crippen LogP contribution >= 0.6 is 11.8 Å². The van der Waals surface area contributed by atoms with Gasteiger partial charge in [0.25, 0.3) is 11.6 Å². The third-order valence-corrected chi connectivity index (χ3v) is 5.18. The van der Waals surface area contributed by atoms with Crippen molar-refractivity contribution in [2.75, 3.05) is 17.7 Å². The first-order valence-electron chi connectivity index (χ1n) is 8.82. The number of carbonyl (C=O) groups excluding carboxylic acids is 2. The molecule has 0 saturated heterocycles. The van der Waals surface area contributed by atoms with Crippen LogP contribution in [0.2, 0.25) is 0 Å². The molecule has 2 aromatic carbocycles. The molecule has 2 aromatic rings. The average Bonchev–Trinajstić information content (AvgIpc) is 2.70. The number of hydrogen-bond acceptors (Lipinski definition) is 6. The lowest BCUT2D eigenvalue weighted by atomic mass is 9.99. The third-order valence-electron chi connectivity index (χ3n) is 4.15. The number of hydrogen-bond donors (Lipinski definition) is 1. The molecule has 1 N–H and O–H groups in total. The van der Waals surface area contributed by atoms with Crippen LogP contribution < -0.4 is 5.32 Å². The van der Waals surface area contributed by atoms with Gasteiger partial charge in [0.2, 0.25) is 0 Å². The number of nitro groups is 1. The van der Waals surface area contributed by atoms with Crippen LogP contribution in [0.3, 0.4) is 0 Å². The second-order valence-corrected chi connectivity index (χ2v) is 7.17. The molecule has 0 fully saturated rings. The molecule has 0 bridgehead atoms. The van der Waals surface area contributed by atoms with E-state index < -0.39 is 23.4 Å². The smallest absolute Gasteiger partial charge is 0.316 e. The summed E-state index contributed by atoms with van der Waals surface area (Å²) in [5, 5.41) is 13.6. The van der Waals surface area contributed by atoms with Gasteiger partial charge in [-0.2, -0.15) is 0 Å². The van der Waals surface area contributed by atoms with E-state index in [1.807, 2.05) is 24.3 Å². The summed E-state index contributed by atoms with van der Waals surface area (Å²) in [5.74, 6) is -0.740. The summed E-state index contributed by atoms with van der Waals surface area (Å²) >= 11 is 0.998. The Morgan fingerprint density at radius 2 is 1.86 bits per heavy atom. The van der Waals surface area contributed by atoms with Crippen molar-refractivity contribution in [1.82, 2.24) is 0 Å². The number of nitrogens with one attached hydrogen (secondary N) is 1. The van der Waals surface area contributed by atoms with E-state index in [2.05, 4.69) is 19.2 Å². The highest BCUT2D eigenvalue weighted by molar-refractivity contribution is 8.00. The van der Waals surface area contributed by atoms with Gasteiger partial charge < -0.3 is 10.1 Å². The Balaban J connectivity index is 1.78. The predicted molar refractivity (Wildman–Crippen MR) is 109 cm³/mol. The Hall–Kier alpha value is -2.87. The monoisotopic (exact) mass is 402 g/mol. The Morgan fingerprint density at radius 3 is 2.50 bits per heavy atom. The van der Waals surface area contributed by atoms with Gasteiger partial charge in [-0.15, -0.1) is 11.8 Å². The number of rotatable bonds is 9. The lowest BCUT2D eigenvalue weighted by Crippen LogP contribution is -2.21. The second kappa shape index (κ2) is 10.5. The summed E-state index contributed by atoms with van der Waals surface area (Å²) in [6.45, 7) is 3.83. The minimum atomic E-state index is -0.620. The molecule has 0 unspecified atom stereocenters. The molecule has 0 aliphatic rings. The summed E-state index contributed by atoms with van der Waals surface area (Å²) in [7, 11) is 0. The zero-order valence-electron chi connectivity index (χ0n) is 15.7. The van der Waals surface area contributed by atoms with Gasteiger partial charge >= 0.3 is 5.97 Å². The van der Waals surface area contributed by atoms with E-state index in [9.17, 15) is 19.7 Å².